The lowest BCUT2D eigenvalue weighted by Crippen LogP contribution is -2.45. The molecular weight excluding hydrogens is 320 g/mol. The van der Waals surface area contributed by atoms with Crippen LogP contribution >= 0.6 is 0 Å². The zero-order valence-electron chi connectivity index (χ0n) is 14.7. The molecule has 1 saturated heterocycles. The van der Waals surface area contributed by atoms with Gasteiger partial charge in [0.2, 0.25) is 0 Å². The highest BCUT2D eigenvalue weighted by Gasteiger charge is 2.32. The van der Waals surface area contributed by atoms with Crippen molar-refractivity contribution in [3.05, 3.63) is 82.8 Å². The maximum Gasteiger partial charge on any atom is 0.250 e. The summed E-state index contributed by atoms with van der Waals surface area (Å²) < 4.78 is 2.03. The number of nitrogens with one attached hydrogen (secondary N) is 1. The highest BCUT2D eigenvalue weighted by Crippen LogP contribution is 2.38. The molecule has 3 aromatic rings. The summed E-state index contributed by atoms with van der Waals surface area (Å²) in [4.78, 5) is 12.5. The van der Waals surface area contributed by atoms with Crippen LogP contribution in [0.3, 0.4) is 0 Å². The molecule has 0 amide bonds. The van der Waals surface area contributed by atoms with Gasteiger partial charge in [-0.25, -0.2) is 0 Å². The number of piperidine rings is 1. The van der Waals surface area contributed by atoms with Crippen LogP contribution in [-0.4, -0.2) is 17.7 Å². The zero-order valence-corrected chi connectivity index (χ0v) is 14.7. The fourth-order valence-electron chi connectivity index (χ4n) is 4.60. The Balaban J connectivity index is 1.66. The Morgan fingerprint density at radius 2 is 1.65 bits per heavy atom. The molecule has 0 unspecified atom stereocenters. The third-order valence-corrected chi connectivity index (χ3v) is 5.78. The zero-order chi connectivity index (χ0) is 17.5. The molecule has 1 fully saturated rings. The monoisotopic (exact) mass is 342 g/mol. The molecule has 2 aliphatic rings. The van der Waals surface area contributed by atoms with Crippen molar-refractivity contribution >= 4 is 0 Å². The standard InChI is InChI=1S/C23H22N2O/c26-22-10-9-21(23-20-11-16(13-24-14-20)15-25(22)23)19-8-4-7-18(12-19)17-5-2-1-3-6-17/h1-10,12,16,20,24H,11,13-15H2/t16-,20+/m0/s1. The third-order valence-electron chi connectivity index (χ3n) is 5.78. The summed E-state index contributed by atoms with van der Waals surface area (Å²) in [6.07, 6.45) is 1.18. The van der Waals surface area contributed by atoms with Gasteiger partial charge in [-0.05, 0) is 47.7 Å². The topological polar surface area (TPSA) is 34.0 Å². The summed E-state index contributed by atoms with van der Waals surface area (Å²) in [5.74, 6) is 0.997. The van der Waals surface area contributed by atoms with E-state index in [2.05, 4.69) is 53.8 Å². The number of nitrogens with zero attached hydrogens (tertiary/aromatic N) is 1. The molecule has 0 spiro atoms. The minimum Gasteiger partial charge on any atom is -0.316 e. The molecule has 3 nitrogen and oxygen atoms in total. The second kappa shape index (κ2) is 6.26. The van der Waals surface area contributed by atoms with Gasteiger partial charge >= 0.3 is 0 Å². The molecule has 26 heavy (non-hydrogen) atoms. The number of pyridine rings is 1. The maximum atomic E-state index is 12.5. The number of benzene rings is 2. The van der Waals surface area contributed by atoms with Gasteiger partial charge in [-0.1, -0.05) is 48.5 Å². The van der Waals surface area contributed by atoms with Crippen LogP contribution in [0.1, 0.15) is 18.0 Å². The van der Waals surface area contributed by atoms with Crippen LogP contribution in [-0.2, 0) is 6.54 Å². The fraction of sp³-hybridized carbons (Fsp3) is 0.261. The largest absolute Gasteiger partial charge is 0.316 e. The van der Waals surface area contributed by atoms with Gasteiger partial charge in [0.1, 0.15) is 0 Å². The van der Waals surface area contributed by atoms with Gasteiger partial charge in [0, 0.05) is 36.3 Å². The Bertz CT molecular complexity index is 1010. The minimum atomic E-state index is 0.138. The van der Waals surface area contributed by atoms with Crippen molar-refractivity contribution in [1.29, 1.82) is 0 Å². The summed E-state index contributed by atoms with van der Waals surface area (Å²) in [6, 6.07) is 22.9. The predicted octanol–water partition coefficient (Wildman–Crippen LogP) is 3.89. The van der Waals surface area contributed by atoms with E-state index < -0.39 is 0 Å². The van der Waals surface area contributed by atoms with E-state index in [1.165, 1.54) is 34.4 Å². The van der Waals surface area contributed by atoms with Crippen LogP contribution in [0.5, 0.6) is 0 Å². The Morgan fingerprint density at radius 3 is 2.54 bits per heavy atom. The molecule has 1 N–H and O–H groups in total. The van der Waals surface area contributed by atoms with Crippen LogP contribution < -0.4 is 10.9 Å². The lowest BCUT2D eigenvalue weighted by atomic mass is 9.81. The second-order valence-corrected chi connectivity index (χ2v) is 7.48. The van der Waals surface area contributed by atoms with E-state index in [9.17, 15) is 4.79 Å². The van der Waals surface area contributed by atoms with Crippen molar-refractivity contribution < 1.29 is 0 Å². The van der Waals surface area contributed by atoms with E-state index in [1.54, 1.807) is 6.07 Å². The molecule has 2 aliphatic heterocycles. The molecule has 0 aliphatic carbocycles. The van der Waals surface area contributed by atoms with Crippen LogP contribution in [0.2, 0.25) is 0 Å². The molecule has 130 valence electrons. The van der Waals surface area contributed by atoms with Crippen molar-refractivity contribution in [1.82, 2.24) is 9.88 Å². The van der Waals surface area contributed by atoms with Crippen LogP contribution in [0.25, 0.3) is 22.3 Å². The quantitative estimate of drug-likeness (QED) is 0.767. The van der Waals surface area contributed by atoms with Gasteiger partial charge in [0.15, 0.2) is 0 Å². The minimum absolute atomic E-state index is 0.138. The first kappa shape index (κ1) is 15.6. The number of hydrogen-bond acceptors (Lipinski definition) is 2. The summed E-state index contributed by atoms with van der Waals surface area (Å²) in [6.45, 7) is 2.82. The van der Waals surface area contributed by atoms with Gasteiger partial charge in [0.25, 0.3) is 5.56 Å². The molecule has 3 heterocycles. The highest BCUT2D eigenvalue weighted by atomic mass is 16.1. The molecule has 3 heteroatoms. The Labute approximate surface area is 153 Å². The highest BCUT2D eigenvalue weighted by molar-refractivity contribution is 5.74. The molecular formula is C23H22N2O. The first-order chi connectivity index (χ1) is 12.8. The van der Waals surface area contributed by atoms with E-state index in [-0.39, 0.29) is 5.56 Å². The lowest BCUT2D eigenvalue weighted by molar-refractivity contribution is 0.258. The smallest absolute Gasteiger partial charge is 0.250 e. The Kier molecular flexibility index (Phi) is 3.75. The van der Waals surface area contributed by atoms with Crippen molar-refractivity contribution in [3.8, 4) is 22.3 Å². The van der Waals surface area contributed by atoms with Crippen molar-refractivity contribution in [2.45, 2.75) is 18.9 Å². The molecule has 2 atom stereocenters. The van der Waals surface area contributed by atoms with Gasteiger partial charge in [-0.3, -0.25) is 4.79 Å². The number of rotatable bonds is 2. The molecule has 2 bridgehead atoms. The Hall–Kier alpha value is -2.65. The van der Waals surface area contributed by atoms with E-state index in [4.69, 9.17) is 0 Å². The summed E-state index contributed by atoms with van der Waals surface area (Å²) in [5.41, 5.74) is 6.18. The van der Waals surface area contributed by atoms with Gasteiger partial charge in [-0.15, -0.1) is 0 Å². The number of hydrogen-bond donors (Lipinski definition) is 1. The van der Waals surface area contributed by atoms with E-state index in [1.807, 2.05) is 16.7 Å². The maximum absolute atomic E-state index is 12.5. The molecule has 0 radical (unpaired) electrons. The normalized spacial score (nSPS) is 21.2. The van der Waals surface area contributed by atoms with Crippen LogP contribution in [0, 0.1) is 5.92 Å². The Morgan fingerprint density at radius 1 is 0.846 bits per heavy atom. The summed E-state index contributed by atoms with van der Waals surface area (Å²) in [7, 11) is 0. The van der Waals surface area contributed by atoms with Crippen LogP contribution in [0.15, 0.2) is 71.5 Å². The second-order valence-electron chi connectivity index (χ2n) is 7.48. The molecule has 1 aromatic heterocycles. The van der Waals surface area contributed by atoms with E-state index in [0.29, 0.717) is 11.8 Å². The summed E-state index contributed by atoms with van der Waals surface area (Å²) >= 11 is 0. The first-order valence-corrected chi connectivity index (χ1v) is 9.40. The van der Waals surface area contributed by atoms with E-state index in [0.717, 1.165) is 19.6 Å². The van der Waals surface area contributed by atoms with Crippen LogP contribution in [0.4, 0.5) is 0 Å². The molecule has 2 aromatic carbocycles. The number of aromatic nitrogens is 1. The third kappa shape index (κ3) is 2.60. The van der Waals surface area contributed by atoms with E-state index >= 15 is 0 Å². The van der Waals surface area contributed by atoms with Crippen molar-refractivity contribution in [2.24, 2.45) is 5.92 Å². The van der Waals surface area contributed by atoms with Gasteiger partial charge in [0.05, 0.1) is 0 Å². The SMILES string of the molecule is O=c1ccc(-c2cccc(-c3ccccc3)c2)c2n1C[C@@H]1CNC[C@H]2C1. The van der Waals surface area contributed by atoms with Gasteiger partial charge in [-0.2, -0.15) is 0 Å². The van der Waals surface area contributed by atoms with Gasteiger partial charge < -0.3 is 9.88 Å². The van der Waals surface area contributed by atoms with Crippen molar-refractivity contribution in [3.63, 3.8) is 0 Å². The number of fused-ring (bicyclic) bond motifs is 4. The average Bonchev–Trinajstić information content (AvgIpc) is 2.70. The fourth-order valence-corrected chi connectivity index (χ4v) is 4.60. The lowest BCUT2D eigenvalue weighted by Gasteiger charge is -2.38. The summed E-state index contributed by atoms with van der Waals surface area (Å²) in [5, 5.41) is 3.55. The molecule has 0 saturated carbocycles. The first-order valence-electron chi connectivity index (χ1n) is 9.40. The average molecular weight is 342 g/mol. The molecule has 5 rings (SSSR count). The van der Waals surface area contributed by atoms with Crippen molar-refractivity contribution in [2.75, 3.05) is 13.1 Å². The predicted molar refractivity (Wildman–Crippen MR) is 105 cm³/mol.